The van der Waals surface area contributed by atoms with Crippen molar-refractivity contribution in [3.8, 4) is 17.2 Å². The second kappa shape index (κ2) is 13.6. The molecule has 3 aromatic rings. The summed E-state index contributed by atoms with van der Waals surface area (Å²) >= 11 is 0. The lowest BCUT2D eigenvalue weighted by molar-refractivity contribution is -0.144. The van der Waals surface area contributed by atoms with E-state index in [1.54, 1.807) is 12.1 Å². The summed E-state index contributed by atoms with van der Waals surface area (Å²) in [7, 11) is -4.26. The molecule has 0 saturated carbocycles. The van der Waals surface area contributed by atoms with Crippen LogP contribution in [0.15, 0.2) is 83.8 Å². The fourth-order valence-electron chi connectivity index (χ4n) is 4.80. The quantitative estimate of drug-likeness (QED) is 0.0941. The van der Waals surface area contributed by atoms with Gasteiger partial charge < -0.3 is 25.1 Å². The molecule has 1 aliphatic carbocycles. The molecule has 3 N–H and O–H groups in total. The van der Waals surface area contributed by atoms with Gasteiger partial charge in [0.2, 0.25) is 10.0 Å². The highest BCUT2D eigenvalue weighted by Gasteiger charge is 2.35. The summed E-state index contributed by atoms with van der Waals surface area (Å²) in [5.74, 6) is -3.03. The molecule has 3 aromatic carbocycles. The smallest absolute Gasteiger partial charge is 0.333 e. The summed E-state index contributed by atoms with van der Waals surface area (Å²) in [5.41, 5.74) is 6.23. The van der Waals surface area contributed by atoms with Gasteiger partial charge in [0, 0.05) is 28.3 Å². The zero-order valence-electron chi connectivity index (χ0n) is 26.2. The number of phenolic OH excluding ortho intramolecular Hbond substituents is 1. The topological polar surface area (TPSA) is 180 Å². The number of esters is 2. The van der Waals surface area contributed by atoms with Gasteiger partial charge in [-0.25, -0.2) is 18.0 Å². The van der Waals surface area contributed by atoms with E-state index in [1.807, 2.05) is 0 Å². The summed E-state index contributed by atoms with van der Waals surface area (Å²) in [5, 5.41) is 10.7. The lowest BCUT2D eigenvalue weighted by atomic mass is 9.82. The van der Waals surface area contributed by atoms with Gasteiger partial charge in [-0.15, -0.1) is 0 Å². The average molecular weight is 663 g/mol. The highest BCUT2D eigenvalue weighted by Crippen LogP contribution is 2.42. The average Bonchev–Trinajstić information content (AvgIpc) is 3.01. The number of aromatic hydroxyl groups is 1. The summed E-state index contributed by atoms with van der Waals surface area (Å²) in [6, 6.07) is 12.5. The first kappa shape index (κ1) is 34.6. The van der Waals surface area contributed by atoms with Crippen molar-refractivity contribution in [2.75, 3.05) is 18.8 Å². The van der Waals surface area contributed by atoms with Crippen LogP contribution in [0.1, 0.15) is 59.5 Å². The van der Waals surface area contributed by atoms with E-state index in [0.29, 0.717) is 0 Å². The van der Waals surface area contributed by atoms with Crippen molar-refractivity contribution in [2.45, 2.75) is 44.8 Å². The third-order valence-corrected chi connectivity index (χ3v) is 8.95. The number of sulfonamides is 1. The molecule has 0 bridgehead atoms. The minimum atomic E-state index is -4.26. The molecule has 0 radical (unpaired) electrons. The second-order valence-corrected chi connectivity index (χ2v) is 13.1. The van der Waals surface area contributed by atoms with Crippen molar-refractivity contribution in [1.82, 2.24) is 4.31 Å². The van der Waals surface area contributed by atoms with E-state index >= 15 is 0 Å². The lowest BCUT2D eigenvalue weighted by Gasteiger charge is -2.28. The minimum absolute atomic E-state index is 0.101. The van der Waals surface area contributed by atoms with Crippen molar-refractivity contribution in [3.63, 3.8) is 0 Å². The molecule has 2 atom stereocenters. The molecule has 0 heterocycles. The van der Waals surface area contributed by atoms with Crippen molar-refractivity contribution < 1.29 is 46.9 Å². The fourth-order valence-corrected chi connectivity index (χ4v) is 6.39. The summed E-state index contributed by atoms with van der Waals surface area (Å²) in [6.07, 6.45) is -1.77. The fraction of sp³-hybridized carbons (Fsp3) is 0.235. The van der Waals surface area contributed by atoms with Crippen molar-refractivity contribution in [2.24, 2.45) is 0 Å². The van der Waals surface area contributed by atoms with Crippen LogP contribution in [0.25, 0.3) is 0 Å². The first-order valence-electron chi connectivity index (χ1n) is 14.4. The SMILES string of the molecule is C=C(C)C(=O)OC(C)CN(CC(C)OC(=O)C(=C)C)S(=O)(=O)c1ccc(Oc2cc(O)c3c(c2N)C(=O)c2ccccc2C3=O)cc1. The van der Waals surface area contributed by atoms with E-state index in [-0.39, 0.29) is 68.6 Å². The monoisotopic (exact) mass is 662 g/mol. The van der Waals surface area contributed by atoms with Crippen LogP contribution in [-0.2, 0) is 29.1 Å². The molecule has 13 heteroatoms. The molecule has 0 aliphatic heterocycles. The van der Waals surface area contributed by atoms with E-state index < -0.39 is 51.5 Å². The molecule has 1 aliphatic rings. The lowest BCUT2D eigenvalue weighted by Crippen LogP contribution is -2.43. The number of hydrogen-bond acceptors (Lipinski definition) is 11. The van der Waals surface area contributed by atoms with Crippen molar-refractivity contribution in [1.29, 1.82) is 0 Å². The standard InChI is InChI=1S/C34H34N2O10S/c1-18(2)33(40)44-20(5)16-36(17-21(6)45-34(41)19(3)4)47(42,43)23-13-11-22(12-14-23)46-27-15-26(37)28-29(30(27)35)32(39)25-10-8-7-9-24(25)31(28)38/h7-15,20-21,37H,1,3,16-17,35H2,2,4-6H3. The highest BCUT2D eigenvalue weighted by molar-refractivity contribution is 7.89. The maximum absolute atomic E-state index is 13.8. The van der Waals surface area contributed by atoms with Gasteiger partial charge in [-0.2, -0.15) is 4.31 Å². The Morgan fingerprint density at radius 3 is 1.79 bits per heavy atom. The van der Waals surface area contributed by atoms with Crippen LogP contribution < -0.4 is 10.5 Å². The maximum Gasteiger partial charge on any atom is 0.333 e. The number of anilines is 1. The van der Waals surface area contributed by atoms with Crippen molar-refractivity contribution >= 4 is 39.2 Å². The molecular weight excluding hydrogens is 628 g/mol. The number of carbonyl (C=O) groups is 4. The van der Waals surface area contributed by atoms with Gasteiger partial charge in [0.25, 0.3) is 0 Å². The van der Waals surface area contributed by atoms with Gasteiger partial charge in [0.1, 0.15) is 23.7 Å². The molecule has 246 valence electrons. The molecule has 0 fully saturated rings. The molecule has 0 aromatic heterocycles. The molecule has 12 nitrogen and oxygen atoms in total. The number of carbonyl (C=O) groups excluding carboxylic acids is 4. The maximum atomic E-state index is 13.8. The Morgan fingerprint density at radius 2 is 1.32 bits per heavy atom. The Bertz CT molecular complexity index is 1880. The van der Waals surface area contributed by atoms with Crippen LogP contribution in [-0.4, -0.2) is 66.6 Å². The number of nitrogens with zero attached hydrogens (tertiary/aromatic N) is 1. The summed E-state index contributed by atoms with van der Waals surface area (Å²) < 4.78 is 45.0. The normalized spacial score (nSPS) is 13.6. The zero-order chi connectivity index (χ0) is 34.8. The molecule has 4 rings (SSSR count). The van der Waals surface area contributed by atoms with E-state index in [1.165, 1.54) is 64.1 Å². The Morgan fingerprint density at radius 1 is 0.851 bits per heavy atom. The number of phenols is 1. The molecule has 0 spiro atoms. The molecule has 0 amide bonds. The highest BCUT2D eigenvalue weighted by atomic mass is 32.2. The number of benzene rings is 3. The van der Waals surface area contributed by atoms with Crippen LogP contribution in [0.3, 0.4) is 0 Å². The molecule has 47 heavy (non-hydrogen) atoms. The zero-order valence-corrected chi connectivity index (χ0v) is 27.1. The van der Waals surface area contributed by atoms with E-state index in [4.69, 9.17) is 19.9 Å². The van der Waals surface area contributed by atoms with Gasteiger partial charge in [-0.1, -0.05) is 37.4 Å². The number of rotatable bonds is 12. The largest absolute Gasteiger partial charge is 0.507 e. The van der Waals surface area contributed by atoms with E-state index in [0.717, 1.165) is 10.4 Å². The van der Waals surface area contributed by atoms with Gasteiger partial charge in [0.05, 0.1) is 34.8 Å². The minimum Gasteiger partial charge on any atom is -0.507 e. The Labute approximate surface area is 272 Å². The Hall–Kier alpha value is -5.27. The van der Waals surface area contributed by atoms with E-state index in [2.05, 4.69) is 13.2 Å². The van der Waals surface area contributed by atoms with Crippen LogP contribution in [0.4, 0.5) is 5.69 Å². The predicted octanol–water partition coefficient (Wildman–Crippen LogP) is 4.55. The van der Waals surface area contributed by atoms with Gasteiger partial charge >= 0.3 is 11.9 Å². The van der Waals surface area contributed by atoms with Gasteiger partial charge in [-0.3, -0.25) is 9.59 Å². The van der Waals surface area contributed by atoms with Gasteiger partial charge in [-0.05, 0) is 52.0 Å². The summed E-state index contributed by atoms with van der Waals surface area (Å²) in [4.78, 5) is 50.3. The van der Waals surface area contributed by atoms with Crippen molar-refractivity contribution in [3.05, 3.63) is 101 Å². The number of nitrogen functional groups attached to an aromatic ring is 1. The molecule has 2 unspecified atom stereocenters. The Kier molecular flexibility index (Phi) is 10.0. The van der Waals surface area contributed by atoms with Crippen LogP contribution in [0, 0.1) is 0 Å². The number of nitrogens with two attached hydrogens (primary N) is 1. The van der Waals surface area contributed by atoms with Crippen LogP contribution in [0.5, 0.6) is 17.2 Å². The number of fused-ring (bicyclic) bond motifs is 2. The molecular formula is C34H34N2O10S. The Balaban J connectivity index is 1.61. The first-order valence-corrected chi connectivity index (χ1v) is 15.8. The van der Waals surface area contributed by atoms with Crippen LogP contribution >= 0.6 is 0 Å². The third-order valence-electron chi connectivity index (χ3n) is 7.10. The summed E-state index contributed by atoms with van der Waals surface area (Å²) in [6.45, 7) is 12.5. The number of hydrogen-bond donors (Lipinski definition) is 2. The number of ether oxygens (including phenoxy) is 3. The van der Waals surface area contributed by atoms with Crippen LogP contribution in [0.2, 0.25) is 0 Å². The molecule has 0 saturated heterocycles. The number of ketones is 2. The first-order chi connectivity index (χ1) is 22.0. The predicted molar refractivity (Wildman–Crippen MR) is 172 cm³/mol. The van der Waals surface area contributed by atoms with Gasteiger partial charge in [0.15, 0.2) is 17.3 Å². The van der Waals surface area contributed by atoms with E-state index in [9.17, 15) is 32.7 Å². The third kappa shape index (κ3) is 7.26. The second-order valence-electron chi connectivity index (χ2n) is 11.1.